The van der Waals surface area contributed by atoms with E-state index < -0.39 is 0 Å². The number of aromatic nitrogens is 2. The highest BCUT2D eigenvalue weighted by atomic mass is 16.5. The molecule has 5 heteroatoms. The van der Waals surface area contributed by atoms with E-state index in [1.165, 1.54) is 17.5 Å². The molecule has 2 aliphatic rings. The Labute approximate surface area is 170 Å². The summed E-state index contributed by atoms with van der Waals surface area (Å²) in [5.74, 6) is 2.05. The van der Waals surface area contributed by atoms with Crippen LogP contribution in [0.5, 0.6) is 5.75 Å². The van der Waals surface area contributed by atoms with Crippen LogP contribution in [-0.4, -0.2) is 28.5 Å². The van der Waals surface area contributed by atoms with Crippen LogP contribution >= 0.6 is 0 Å². The third kappa shape index (κ3) is 3.83. The van der Waals surface area contributed by atoms with Crippen LogP contribution in [0.3, 0.4) is 0 Å². The van der Waals surface area contributed by atoms with E-state index in [0.717, 1.165) is 42.9 Å². The van der Waals surface area contributed by atoms with Crippen LogP contribution in [0.1, 0.15) is 48.0 Å². The number of nitrogens with one attached hydrogen (secondary N) is 1. The summed E-state index contributed by atoms with van der Waals surface area (Å²) in [6.07, 6.45) is 3.45. The SMILES string of the molecule is COc1cccc([C@@H]2CCN2Cc2ccc(-c3nc(C4CC4)cc(=O)[nH]3)cc2)c1. The number of methoxy groups -OCH3 is 1. The average Bonchev–Trinajstić information content (AvgIpc) is 3.57. The van der Waals surface area contributed by atoms with Crippen LogP contribution in [0.2, 0.25) is 0 Å². The molecule has 1 aromatic heterocycles. The number of ether oxygens (including phenoxy) is 1. The fourth-order valence-corrected chi connectivity index (χ4v) is 4.06. The van der Waals surface area contributed by atoms with Gasteiger partial charge < -0.3 is 9.72 Å². The van der Waals surface area contributed by atoms with Crippen molar-refractivity contribution in [2.24, 2.45) is 0 Å². The molecule has 0 unspecified atom stereocenters. The number of aromatic amines is 1. The molecule has 1 saturated carbocycles. The molecule has 1 saturated heterocycles. The third-order valence-corrected chi connectivity index (χ3v) is 5.98. The highest BCUT2D eigenvalue weighted by Gasteiger charge is 2.29. The Bertz CT molecular complexity index is 1070. The Morgan fingerprint density at radius 1 is 1.10 bits per heavy atom. The fourth-order valence-electron chi connectivity index (χ4n) is 4.06. The smallest absolute Gasteiger partial charge is 0.251 e. The van der Waals surface area contributed by atoms with Crippen molar-refractivity contribution in [3.05, 3.63) is 81.8 Å². The predicted octanol–water partition coefficient (Wildman–Crippen LogP) is 4.27. The first-order chi connectivity index (χ1) is 14.2. The van der Waals surface area contributed by atoms with Gasteiger partial charge in [-0.15, -0.1) is 0 Å². The number of likely N-dealkylation sites (tertiary alicyclic amines) is 1. The minimum Gasteiger partial charge on any atom is -0.497 e. The quantitative estimate of drug-likeness (QED) is 0.686. The normalized spacial score (nSPS) is 19.0. The molecule has 5 nitrogen and oxygen atoms in total. The van der Waals surface area contributed by atoms with Crippen molar-refractivity contribution >= 4 is 0 Å². The lowest BCUT2D eigenvalue weighted by Gasteiger charge is -2.41. The van der Waals surface area contributed by atoms with Gasteiger partial charge in [0.1, 0.15) is 11.6 Å². The summed E-state index contributed by atoms with van der Waals surface area (Å²) in [5.41, 5.74) is 4.39. The minimum atomic E-state index is -0.0670. The van der Waals surface area contributed by atoms with Crippen molar-refractivity contribution in [1.82, 2.24) is 14.9 Å². The van der Waals surface area contributed by atoms with Crippen LogP contribution in [0.4, 0.5) is 0 Å². The topological polar surface area (TPSA) is 58.2 Å². The second-order valence-corrected chi connectivity index (χ2v) is 8.04. The van der Waals surface area contributed by atoms with Crippen molar-refractivity contribution in [3.8, 4) is 17.1 Å². The van der Waals surface area contributed by atoms with Crippen LogP contribution in [0.25, 0.3) is 11.4 Å². The van der Waals surface area contributed by atoms with Gasteiger partial charge in [0.2, 0.25) is 0 Å². The molecule has 148 valence electrons. The van der Waals surface area contributed by atoms with E-state index in [1.807, 2.05) is 6.07 Å². The number of hydrogen-bond donors (Lipinski definition) is 1. The summed E-state index contributed by atoms with van der Waals surface area (Å²) in [5, 5.41) is 0. The van der Waals surface area contributed by atoms with Crippen LogP contribution < -0.4 is 10.3 Å². The molecule has 29 heavy (non-hydrogen) atoms. The zero-order valence-electron chi connectivity index (χ0n) is 16.6. The summed E-state index contributed by atoms with van der Waals surface area (Å²) < 4.78 is 5.37. The molecule has 2 heterocycles. The lowest BCUT2D eigenvalue weighted by Crippen LogP contribution is -2.40. The molecule has 0 spiro atoms. The lowest BCUT2D eigenvalue weighted by molar-refractivity contribution is 0.0817. The van der Waals surface area contributed by atoms with Crippen molar-refractivity contribution in [2.75, 3.05) is 13.7 Å². The molecule has 0 amide bonds. The van der Waals surface area contributed by atoms with Gasteiger partial charge in [-0.1, -0.05) is 36.4 Å². The van der Waals surface area contributed by atoms with E-state index >= 15 is 0 Å². The maximum Gasteiger partial charge on any atom is 0.251 e. The molecule has 1 aliphatic carbocycles. The monoisotopic (exact) mass is 387 g/mol. The highest BCUT2D eigenvalue weighted by Crippen LogP contribution is 2.39. The van der Waals surface area contributed by atoms with Crippen LogP contribution in [-0.2, 0) is 6.54 Å². The fraction of sp³-hybridized carbons (Fsp3) is 0.333. The molecule has 2 fully saturated rings. The van der Waals surface area contributed by atoms with Gasteiger partial charge in [-0.25, -0.2) is 4.98 Å². The number of hydrogen-bond acceptors (Lipinski definition) is 4. The number of benzene rings is 2. The molecule has 5 rings (SSSR count). The average molecular weight is 387 g/mol. The summed E-state index contributed by atoms with van der Waals surface area (Å²) in [6.45, 7) is 2.01. The Morgan fingerprint density at radius 2 is 1.93 bits per heavy atom. The third-order valence-electron chi connectivity index (χ3n) is 5.98. The van der Waals surface area contributed by atoms with Crippen molar-refractivity contribution < 1.29 is 4.74 Å². The summed E-state index contributed by atoms with van der Waals surface area (Å²) in [6, 6.07) is 18.8. The molecular formula is C24H25N3O2. The number of nitrogens with zero attached hydrogens (tertiary/aromatic N) is 2. The lowest BCUT2D eigenvalue weighted by atomic mass is 9.93. The van der Waals surface area contributed by atoms with Gasteiger partial charge in [0.05, 0.1) is 12.8 Å². The summed E-state index contributed by atoms with van der Waals surface area (Å²) in [4.78, 5) is 22.0. The zero-order valence-corrected chi connectivity index (χ0v) is 16.6. The number of rotatable bonds is 6. The van der Waals surface area contributed by atoms with Gasteiger partial charge in [0, 0.05) is 36.7 Å². The molecule has 0 bridgehead atoms. The largest absolute Gasteiger partial charge is 0.497 e. The van der Waals surface area contributed by atoms with Gasteiger partial charge in [0.15, 0.2) is 0 Å². The molecule has 2 aromatic carbocycles. The van der Waals surface area contributed by atoms with Crippen LogP contribution in [0, 0.1) is 0 Å². The first kappa shape index (κ1) is 18.1. The molecule has 1 N–H and O–H groups in total. The van der Waals surface area contributed by atoms with Crippen molar-refractivity contribution in [2.45, 2.75) is 37.8 Å². The summed E-state index contributed by atoms with van der Waals surface area (Å²) >= 11 is 0. The van der Waals surface area contributed by atoms with E-state index in [4.69, 9.17) is 4.74 Å². The van der Waals surface area contributed by atoms with Crippen molar-refractivity contribution in [3.63, 3.8) is 0 Å². The first-order valence-electron chi connectivity index (χ1n) is 10.3. The predicted molar refractivity (Wildman–Crippen MR) is 113 cm³/mol. The number of H-pyrrole nitrogens is 1. The first-order valence-corrected chi connectivity index (χ1v) is 10.3. The van der Waals surface area contributed by atoms with E-state index in [0.29, 0.717) is 17.8 Å². The van der Waals surface area contributed by atoms with E-state index in [2.05, 4.69) is 57.3 Å². The second kappa shape index (κ2) is 7.48. The maximum atomic E-state index is 12.0. The Hall–Kier alpha value is -2.92. The van der Waals surface area contributed by atoms with Gasteiger partial charge in [-0.3, -0.25) is 9.69 Å². The molecule has 0 radical (unpaired) electrons. The highest BCUT2D eigenvalue weighted by molar-refractivity contribution is 5.55. The Morgan fingerprint density at radius 3 is 2.62 bits per heavy atom. The second-order valence-electron chi connectivity index (χ2n) is 8.04. The minimum absolute atomic E-state index is 0.0670. The zero-order chi connectivity index (χ0) is 19.8. The van der Waals surface area contributed by atoms with Gasteiger partial charge in [0.25, 0.3) is 5.56 Å². The molecular weight excluding hydrogens is 362 g/mol. The van der Waals surface area contributed by atoms with Crippen LogP contribution in [0.15, 0.2) is 59.4 Å². The Balaban J connectivity index is 1.30. The Kier molecular flexibility index (Phi) is 4.68. The van der Waals surface area contributed by atoms with E-state index in [1.54, 1.807) is 13.2 Å². The van der Waals surface area contributed by atoms with Gasteiger partial charge >= 0.3 is 0 Å². The van der Waals surface area contributed by atoms with Gasteiger partial charge in [-0.2, -0.15) is 0 Å². The summed E-state index contributed by atoms with van der Waals surface area (Å²) in [7, 11) is 1.71. The maximum absolute atomic E-state index is 12.0. The standard InChI is InChI=1S/C24H25N3O2/c1-29-20-4-2-3-19(13-20)22-11-12-27(22)15-16-5-7-18(8-6-16)24-25-21(17-9-10-17)14-23(28)26-24/h2-8,13-14,17,22H,9-12,15H2,1H3,(H,25,26,28)/t22-/m0/s1. The molecule has 1 aliphatic heterocycles. The van der Waals surface area contributed by atoms with Gasteiger partial charge in [-0.05, 0) is 42.5 Å². The molecule has 1 atom stereocenters. The molecule has 3 aromatic rings. The van der Waals surface area contributed by atoms with E-state index in [9.17, 15) is 4.79 Å². The van der Waals surface area contributed by atoms with E-state index in [-0.39, 0.29) is 5.56 Å². The van der Waals surface area contributed by atoms with Crippen molar-refractivity contribution in [1.29, 1.82) is 0 Å².